The fourth-order valence-corrected chi connectivity index (χ4v) is 1.46. The number of carbonyl (C=O) groups is 2. The molecule has 16 heavy (non-hydrogen) atoms. The summed E-state index contributed by atoms with van der Waals surface area (Å²) in [7, 11) is 0. The van der Waals surface area contributed by atoms with E-state index in [1.54, 1.807) is 6.92 Å². The molecule has 0 aliphatic heterocycles. The Hall–Kier alpha value is -0.580. The van der Waals surface area contributed by atoms with Crippen LogP contribution in [0.5, 0.6) is 0 Å². The van der Waals surface area contributed by atoms with Gasteiger partial charge in [-0.05, 0) is 13.3 Å². The lowest BCUT2D eigenvalue weighted by Gasteiger charge is -2.14. The molecule has 0 aliphatic rings. The van der Waals surface area contributed by atoms with Crippen LogP contribution in [0.15, 0.2) is 0 Å². The minimum absolute atomic E-state index is 0.108. The van der Waals surface area contributed by atoms with E-state index in [1.165, 1.54) is 0 Å². The molecule has 0 aromatic carbocycles. The van der Waals surface area contributed by atoms with Gasteiger partial charge in [0.25, 0.3) is 0 Å². The number of rotatable bonds is 8. The van der Waals surface area contributed by atoms with Crippen molar-refractivity contribution in [3.63, 3.8) is 0 Å². The van der Waals surface area contributed by atoms with Crippen LogP contribution in [-0.2, 0) is 19.1 Å². The SMILES string of the molecule is CCCCC(=O)OC(CBr)CC(=O)OCC. The number of esters is 2. The average Bonchev–Trinajstić information content (AvgIpc) is 2.25. The summed E-state index contributed by atoms with van der Waals surface area (Å²) in [5, 5.41) is 0.448. The zero-order valence-electron chi connectivity index (χ0n) is 9.83. The topological polar surface area (TPSA) is 52.6 Å². The van der Waals surface area contributed by atoms with Gasteiger partial charge >= 0.3 is 11.9 Å². The van der Waals surface area contributed by atoms with Gasteiger partial charge in [-0.1, -0.05) is 29.3 Å². The van der Waals surface area contributed by atoms with Crippen LogP contribution in [0.3, 0.4) is 0 Å². The summed E-state index contributed by atoms with van der Waals surface area (Å²) >= 11 is 3.21. The molecule has 1 atom stereocenters. The zero-order valence-corrected chi connectivity index (χ0v) is 11.4. The summed E-state index contributed by atoms with van der Waals surface area (Å²) in [5.41, 5.74) is 0. The monoisotopic (exact) mass is 294 g/mol. The molecule has 0 heterocycles. The van der Waals surface area contributed by atoms with Crippen molar-refractivity contribution in [1.82, 2.24) is 0 Å². The van der Waals surface area contributed by atoms with Gasteiger partial charge in [-0.25, -0.2) is 0 Å². The molecule has 0 aromatic heterocycles. The summed E-state index contributed by atoms with van der Waals surface area (Å²) in [6.45, 7) is 4.10. The molecule has 0 bridgehead atoms. The molecule has 94 valence electrons. The van der Waals surface area contributed by atoms with E-state index >= 15 is 0 Å². The Morgan fingerprint density at radius 1 is 1.25 bits per heavy atom. The molecular formula is C11H19BrO4. The summed E-state index contributed by atoms with van der Waals surface area (Å²) in [6.07, 6.45) is 1.85. The highest BCUT2D eigenvalue weighted by molar-refractivity contribution is 9.09. The summed E-state index contributed by atoms with van der Waals surface area (Å²) < 4.78 is 9.92. The molecule has 0 N–H and O–H groups in total. The summed E-state index contributed by atoms with van der Waals surface area (Å²) in [4.78, 5) is 22.5. The Morgan fingerprint density at radius 2 is 1.94 bits per heavy atom. The lowest BCUT2D eigenvalue weighted by Crippen LogP contribution is -2.24. The average molecular weight is 295 g/mol. The Kier molecular flexibility index (Phi) is 9.28. The lowest BCUT2D eigenvalue weighted by atomic mass is 10.2. The van der Waals surface area contributed by atoms with Gasteiger partial charge in [0.05, 0.1) is 13.0 Å². The van der Waals surface area contributed by atoms with Crippen LogP contribution in [0.2, 0.25) is 0 Å². The molecule has 1 unspecified atom stereocenters. The molecule has 0 saturated carbocycles. The minimum atomic E-state index is -0.427. The van der Waals surface area contributed by atoms with Gasteiger partial charge in [0.15, 0.2) is 0 Å². The Morgan fingerprint density at radius 3 is 2.44 bits per heavy atom. The van der Waals surface area contributed by atoms with E-state index < -0.39 is 6.10 Å². The highest BCUT2D eigenvalue weighted by Crippen LogP contribution is 2.07. The van der Waals surface area contributed by atoms with Crippen LogP contribution in [0.25, 0.3) is 0 Å². The minimum Gasteiger partial charge on any atom is -0.466 e. The van der Waals surface area contributed by atoms with Crippen LogP contribution in [0.1, 0.15) is 39.5 Å². The molecule has 5 heteroatoms. The molecule has 0 spiro atoms. The molecule has 0 amide bonds. The Bertz CT molecular complexity index is 218. The first-order chi connectivity index (χ1) is 7.63. The van der Waals surface area contributed by atoms with Crippen LogP contribution >= 0.6 is 15.9 Å². The van der Waals surface area contributed by atoms with Gasteiger partial charge in [0.1, 0.15) is 6.10 Å². The van der Waals surface area contributed by atoms with Crippen LogP contribution in [0, 0.1) is 0 Å². The standard InChI is InChI=1S/C11H19BrO4/c1-3-5-6-10(13)16-9(8-12)7-11(14)15-4-2/h9H,3-8H2,1-2H3. The second-order valence-electron chi connectivity index (χ2n) is 3.38. The summed E-state index contributed by atoms with van der Waals surface area (Å²) in [6, 6.07) is 0. The first-order valence-electron chi connectivity index (χ1n) is 5.55. The number of unbranched alkanes of at least 4 members (excludes halogenated alkanes) is 1. The number of carbonyl (C=O) groups excluding carboxylic acids is 2. The molecule has 0 rings (SSSR count). The number of halogens is 1. The van der Waals surface area contributed by atoms with Gasteiger partial charge in [0.2, 0.25) is 0 Å². The first kappa shape index (κ1) is 15.4. The van der Waals surface area contributed by atoms with Crippen molar-refractivity contribution in [2.45, 2.75) is 45.6 Å². The van der Waals surface area contributed by atoms with Gasteiger partial charge in [0, 0.05) is 11.8 Å². The van der Waals surface area contributed by atoms with Crippen LogP contribution in [0.4, 0.5) is 0 Å². The highest BCUT2D eigenvalue weighted by atomic mass is 79.9. The quantitative estimate of drug-likeness (QED) is 0.510. The van der Waals surface area contributed by atoms with Crippen LogP contribution < -0.4 is 0 Å². The molecule has 0 fully saturated rings. The van der Waals surface area contributed by atoms with Crippen molar-refractivity contribution in [2.24, 2.45) is 0 Å². The van der Waals surface area contributed by atoms with Crippen molar-refractivity contribution < 1.29 is 19.1 Å². The Labute approximate surface area is 105 Å². The number of hydrogen-bond acceptors (Lipinski definition) is 4. The van der Waals surface area contributed by atoms with E-state index in [0.29, 0.717) is 18.4 Å². The van der Waals surface area contributed by atoms with Gasteiger partial charge < -0.3 is 9.47 Å². The van der Waals surface area contributed by atoms with Gasteiger partial charge in [-0.2, -0.15) is 0 Å². The molecule has 0 aliphatic carbocycles. The fourth-order valence-electron chi connectivity index (χ4n) is 1.10. The zero-order chi connectivity index (χ0) is 12.4. The molecule has 0 aromatic rings. The van der Waals surface area contributed by atoms with E-state index in [1.807, 2.05) is 6.92 Å². The van der Waals surface area contributed by atoms with Crippen molar-refractivity contribution in [3.05, 3.63) is 0 Å². The predicted octanol–water partition coefficient (Wildman–Crippen LogP) is 2.44. The van der Waals surface area contributed by atoms with E-state index in [0.717, 1.165) is 12.8 Å². The third-order valence-corrected chi connectivity index (χ3v) is 2.63. The third kappa shape index (κ3) is 7.68. The normalized spacial score (nSPS) is 11.9. The largest absolute Gasteiger partial charge is 0.466 e. The molecule has 0 radical (unpaired) electrons. The lowest BCUT2D eigenvalue weighted by molar-refractivity contribution is -0.153. The van der Waals surface area contributed by atoms with E-state index in [9.17, 15) is 9.59 Å². The van der Waals surface area contributed by atoms with Crippen molar-refractivity contribution in [1.29, 1.82) is 0 Å². The molecule has 0 saturated heterocycles. The maximum Gasteiger partial charge on any atom is 0.309 e. The maximum absolute atomic E-state index is 11.3. The highest BCUT2D eigenvalue weighted by Gasteiger charge is 2.17. The van der Waals surface area contributed by atoms with Crippen LogP contribution in [-0.4, -0.2) is 30.0 Å². The fraction of sp³-hybridized carbons (Fsp3) is 0.818. The second kappa shape index (κ2) is 9.63. The third-order valence-electron chi connectivity index (χ3n) is 1.90. The maximum atomic E-state index is 11.3. The van der Waals surface area contributed by atoms with Crippen molar-refractivity contribution in [3.8, 4) is 0 Å². The number of ether oxygens (including phenoxy) is 2. The predicted molar refractivity (Wildman–Crippen MR) is 64.4 cm³/mol. The van der Waals surface area contributed by atoms with Gasteiger partial charge in [-0.3, -0.25) is 9.59 Å². The van der Waals surface area contributed by atoms with Crippen molar-refractivity contribution >= 4 is 27.9 Å². The Balaban J connectivity index is 3.90. The van der Waals surface area contributed by atoms with Gasteiger partial charge in [-0.15, -0.1) is 0 Å². The van der Waals surface area contributed by atoms with Crippen molar-refractivity contribution in [2.75, 3.05) is 11.9 Å². The summed E-state index contributed by atoms with van der Waals surface area (Å²) in [5.74, 6) is -0.592. The number of hydrogen-bond donors (Lipinski definition) is 0. The van der Waals surface area contributed by atoms with E-state index in [-0.39, 0.29) is 18.4 Å². The first-order valence-corrected chi connectivity index (χ1v) is 6.67. The smallest absolute Gasteiger partial charge is 0.309 e. The van der Waals surface area contributed by atoms with E-state index in [2.05, 4.69) is 15.9 Å². The molecular weight excluding hydrogens is 276 g/mol. The second-order valence-corrected chi connectivity index (χ2v) is 4.03. The number of alkyl halides is 1. The van der Waals surface area contributed by atoms with E-state index in [4.69, 9.17) is 9.47 Å². The molecule has 4 nitrogen and oxygen atoms in total.